The van der Waals surface area contributed by atoms with Crippen LogP contribution >= 0.6 is 0 Å². The SMILES string of the molecule is CC(C)c1ccccc1CC(C(=O)OC(C)(C)C)N(C)C(=O)OCC1c2ccccc2-c2ccccc21. The van der Waals surface area contributed by atoms with Crippen LogP contribution in [-0.4, -0.2) is 42.3 Å². The number of carbonyl (C=O) groups is 2. The Labute approximate surface area is 220 Å². The van der Waals surface area contributed by atoms with Crippen LogP contribution in [0.3, 0.4) is 0 Å². The molecule has 194 valence electrons. The molecule has 4 rings (SSSR count). The van der Waals surface area contributed by atoms with Gasteiger partial charge in [0.2, 0.25) is 0 Å². The van der Waals surface area contributed by atoms with Crippen molar-refractivity contribution in [1.82, 2.24) is 4.90 Å². The summed E-state index contributed by atoms with van der Waals surface area (Å²) in [7, 11) is 1.62. The van der Waals surface area contributed by atoms with Crippen molar-refractivity contribution in [2.45, 2.75) is 64.5 Å². The number of fused-ring (bicyclic) bond motifs is 3. The molecular formula is C32H37NO4. The molecule has 0 saturated carbocycles. The van der Waals surface area contributed by atoms with E-state index in [1.165, 1.54) is 16.0 Å². The van der Waals surface area contributed by atoms with Gasteiger partial charge in [0.05, 0.1) is 0 Å². The van der Waals surface area contributed by atoms with Gasteiger partial charge in [-0.1, -0.05) is 86.6 Å². The third-order valence-corrected chi connectivity index (χ3v) is 6.86. The number of hydrogen-bond donors (Lipinski definition) is 0. The summed E-state index contributed by atoms with van der Waals surface area (Å²) in [5, 5.41) is 0. The van der Waals surface area contributed by atoms with Gasteiger partial charge in [0.25, 0.3) is 0 Å². The minimum atomic E-state index is -0.810. The summed E-state index contributed by atoms with van der Waals surface area (Å²) in [4.78, 5) is 28.0. The molecule has 0 spiro atoms. The second-order valence-electron chi connectivity index (χ2n) is 11.0. The Balaban J connectivity index is 1.55. The molecule has 0 aromatic heterocycles. The first-order chi connectivity index (χ1) is 17.6. The fraction of sp³-hybridized carbons (Fsp3) is 0.375. The van der Waals surface area contributed by atoms with Crippen LogP contribution in [0.5, 0.6) is 0 Å². The van der Waals surface area contributed by atoms with E-state index in [0.29, 0.717) is 6.42 Å². The van der Waals surface area contributed by atoms with Crippen LogP contribution in [0.25, 0.3) is 11.1 Å². The predicted octanol–water partition coefficient (Wildman–Crippen LogP) is 6.94. The molecule has 1 atom stereocenters. The molecule has 1 unspecified atom stereocenters. The molecule has 3 aromatic carbocycles. The Kier molecular flexibility index (Phi) is 7.72. The van der Waals surface area contributed by atoms with E-state index in [-0.39, 0.29) is 18.4 Å². The number of amides is 1. The second kappa shape index (κ2) is 10.8. The number of likely N-dealkylation sites (N-methyl/N-ethyl adjacent to an activating group) is 1. The molecule has 0 heterocycles. The molecule has 0 aliphatic heterocycles. The van der Waals surface area contributed by atoms with Crippen molar-refractivity contribution in [1.29, 1.82) is 0 Å². The normalized spacial score (nSPS) is 13.6. The van der Waals surface area contributed by atoms with Crippen molar-refractivity contribution in [2.75, 3.05) is 13.7 Å². The lowest BCUT2D eigenvalue weighted by Crippen LogP contribution is -2.47. The fourth-order valence-corrected chi connectivity index (χ4v) is 5.06. The zero-order chi connectivity index (χ0) is 26.7. The van der Waals surface area contributed by atoms with E-state index in [4.69, 9.17) is 9.47 Å². The average Bonchev–Trinajstić information content (AvgIpc) is 3.18. The van der Waals surface area contributed by atoms with Crippen molar-refractivity contribution < 1.29 is 19.1 Å². The fourth-order valence-electron chi connectivity index (χ4n) is 5.06. The van der Waals surface area contributed by atoms with Crippen molar-refractivity contribution >= 4 is 12.1 Å². The maximum atomic E-state index is 13.3. The highest BCUT2D eigenvalue weighted by molar-refractivity contribution is 5.82. The number of benzene rings is 3. The summed E-state index contributed by atoms with van der Waals surface area (Å²) in [6.45, 7) is 9.93. The second-order valence-corrected chi connectivity index (χ2v) is 11.0. The number of rotatable bonds is 7. The number of esters is 1. The maximum Gasteiger partial charge on any atom is 0.410 e. The van der Waals surface area contributed by atoms with Gasteiger partial charge in [0.1, 0.15) is 18.2 Å². The van der Waals surface area contributed by atoms with E-state index in [1.807, 2.05) is 63.2 Å². The molecule has 1 amide bonds. The molecule has 0 radical (unpaired) electrons. The minimum absolute atomic E-state index is 0.0496. The number of carbonyl (C=O) groups excluding carboxylic acids is 2. The molecule has 1 aliphatic rings. The molecule has 37 heavy (non-hydrogen) atoms. The van der Waals surface area contributed by atoms with E-state index in [9.17, 15) is 9.59 Å². The number of nitrogens with zero attached hydrogens (tertiary/aromatic N) is 1. The number of ether oxygens (including phenoxy) is 2. The lowest BCUT2D eigenvalue weighted by atomic mass is 9.93. The van der Waals surface area contributed by atoms with Crippen LogP contribution in [0.1, 0.15) is 68.7 Å². The van der Waals surface area contributed by atoms with E-state index >= 15 is 0 Å². The van der Waals surface area contributed by atoms with Crippen LogP contribution in [-0.2, 0) is 20.7 Å². The summed E-state index contributed by atoms with van der Waals surface area (Å²) in [5.74, 6) is -0.205. The zero-order valence-electron chi connectivity index (χ0n) is 22.7. The monoisotopic (exact) mass is 499 g/mol. The highest BCUT2D eigenvalue weighted by atomic mass is 16.6. The van der Waals surface area contributed by atoms with Gasteiger partial charge in [-0.05, 0) is 60.1 Å². The van der Waals surface area contributed by atoms with E-state index in [1.54, 1.807) is 7.05 Å². The molecule has 5 nitrogen and oxygen atoms in total. The smallest absolute Gasteiger partial charge is 0.410 e. The van der Waals surface area contributed by atoms with Gasteiger partial charge in [0.15, 0.2) is 0 Å². The summed E-state index contributed by atoms with van der Waals surface area (Å²) in [6, 6.07) is 23.7. The summed E-state index contributed by atoms with van der Waals surface area (Å²) < 4.78 is 11.6. The van der Waals surface area contributed by atoms with Gasteiger partial charge in [0, 0.05) is 19.4 Å². The summed E-state index contributed by atoms with van der Waals surface area (Å²) in [6.07, 6.45) is -0.191. The van der Waals surface area contributed by atoms with Gasteiger partial charge in [-0.3, -0.25) is 4.90 Å². The molecule has 0 saturated heterocycles. The van der Waals surface area contributed by atoms with E-state index < -0.39 is 23.7 Å². The Bertz CT molecular complexity index is 1230. The zero-order valence-corrected chi connectivity index (χ0v) is 22.7. The third kappa shape index (κ3) is 5.87. The molecule has 5 heteroatoms. The van der Waals surface area contributed by atoms with Gasteiger partial charge in [-0.15, -0.1) is 0 Å². The lowest BCUT2D eigenvalue weighted by Gasteiger charge is -2.30. The van der Waals surface area contributed by atoms with Crippen molar-refractivity contribution in [3.05, 3.63) is 95.1 Å². The van der Waals surface area contributed by atoms with Crippen LogP contribution in [0.15, 0.2) is 72.8 Å². The van der Waals surface area contributed by atoms with Crippen molar-refractivity contribution in [3.8, 4) is 11.1 Å². The first kappa shape index (κ1) is 26.5. The summed E-state index contributed by atoms with van der Waals surface area (Å²) >= 11 is 0. The predicted molar refractivity (Wildman–Crippen MR) is 147 cm³/mol. The van der Waals surface area contributed by atoms with Crippen molar-refractivity contribution in [2.24, 2.45) is 0 Å². The Morgan fingerprint density at radius 2 is 1.41 bits per heavy atom. The van der Waals surface area contributed by atoms with E-state index in [2.05, 4.69) is 44.2 Å². The number of hydrogen-bond acceptors (Lipinski definition) is 4. The molecule has 3 aromatic rings. The lowest BCUT2D eigenvalue weighted by molar-refractivity contribution is -0.160. The standard InChI is InChI=1S/C32H37NO4/c1-21(2)23-14-8-7-13-22(23)19-29(30(34)37-32(3,4)5)33(6)31(35)36-20-28-26-17-11-9-15-24(26)25-16-10-12-18-27(25)28/h7-18,21,28-29H,19-20H2,1-6H3. The third-order valence-electron chi connectivity index (χ3n) is 6.86. The van der Waals surface area contributed by atoms with Crippen LogP contribution in [0.2, 0.25) is 0 Å². The molecule has 0 fully saturated rings. The quantitative estimate of drug-likeness (QED) is 0.330. The highest BCUT2D eigenvalue weighted by Gasteiger charge is 2.34. The van der Waals surface area contributed by atoms with Crippen LogP contribution in [0, 0.1) is 0 Å². The van der Waals surface area contributed by atoms with Gasteiger partial charge in [-0.25, -0.2) is 9.59 Å². The maximum absolute atomic E-state index is 13.3. The average molecular weight is 500 g/mol. The van der Waals surface area contributed by atoms with E-state index in [0.717, 1.165) is 22.3 Å². The first-order valence-electron chi connectivity index (χ1n) is 12.9. The highest BCUT2D eigenvalue weighted by Crippen LogP contribution is 2.44. The molecule has 1 aliphatic carbocycles. The Morgan fingerprint density at radius 3 is 1.97 bits per heavy atom. The minimum Gasteiger partial charge on any atom is -0.458 e. The van der Waals surface area contributed by atoms with Crippen molar-refractivity contribution in [3.63, 3.8) is 0 Å². The Morgan fingerprint density at radius 1 is 0.865 bits per heavy atom. The van der Waals surface area contributed by atoms with Crippen LogP contribution < -0.4 is 0 Å². The first-order valence-corrected chi connectivity index (χ1v) is 12.9. The molecule has 0 bridgehead atoms. The van der Waals surface area contributed by atoms with Crippen LogP contribution in [0.4, 0.5) is 4.79 Å². The molecule has 0 N–H and O–H groups in total. The topological polar surface area (TPSA) is 55.8 Å². The molecular weight excluding hydrogens is 462 g/mol. The van der Waals surface area contributed by atoms with Gasteiger partial charge in [-0.2, -0.15) is 0 Å². The largest absolute Gasteiger partial charge is 0.458 e. The Hall–Kier alpha value is -3.60. The van der Waals surface area contributed by atoms with Gasteiger partial charge >= 0.3 is 12.1 Å². The summed E-state index contributed by atoms with van der Waals surface area (Å²) in [5.41, 5.74) is 6.13. The van der Waals surface area contributed by atoms with Gasteiger partial charge < -0.3 is 9.47 Å².